The van der Waals surface area contributed by atoms with Crippen LogP contribution in [0.25, 0.3) is 17.0 Å². The Morgan fingerprint density at radius 1 is 1.13 bits per heavy atom. The van der Waals surface area contributed by atoms with Crippen molar-refractivity contribution < 1.29 is 9.21 Å². The van der Waals surface area contributed by atoms with Crippen molar-refractivity contribution in [3.05, 3.63) is 77.0 Å². The van der Waals surface area contributed by atoms with E-state index in [4.69, 9.17) is 16.0 Å². The Morgan fingerprint density at radius 3 is 2.78 bits per heavy atom. The van der Waals surface area contributed by atoms with Crippen molar-refractivity contribution in [2.45, 2.75) is 0 Å². The van der Waals surface area contributed by atoms with Gasteiger partial charge in [-0.3, -0.25) is 4.79 Å². The minimum atomic E-state index is -0.415. The highest BCUT2D eigenvalue weighted by Gasteiger charge is 2.11. The molecule has 3 rings (SSSR count). The van der Waals surface area contributed by atoms with Gasteiger partial charge in [0.1, 0.15) is 5.58 Å². The third-order valence-corrected chi connectivity index (χ3v) is 3.35. The number of nitrogens with zero attached hydrogens (tertiary/aromatic N) is 1. The van der Waals surface area contributed by atoms with Crippen LogP contribution < -0.4 is 5.43 Å². The number of amides is 1. The van der Waals surface area contributed by atoms with E-state index in [1.807, 2.05) is 36.4 Å². The van der Waals surface area contributed by atoms with Crippen LogP contribution in [-0.2, 0) is 0 Å². The molecular formula is C18H13ClN2O2. The van der Waals surface area contributed by atoms with Crippen LogP contribution in [0.1, 0.15) is 16.1 Å². The second kappa shape index (κ2) is 6.94. The van der Waals surface area contributed by atoms with Gasteiger partial charge in [0.05, 0.1) is 0 Å². The standard InChI is InChI=1S/C18H13ClN2O2/c19-15-8-9-16-14(11-15)12-17(23-16)18(22)21-20-10-4-7-13-5-2-1-3-6-13/h1-12H,(H,21,22)/b7-4+,20-10+. The van der Waals surface area contributed by atoms with Gasteiger partial charge in [-0.15, -0.1) is 0 Å². The van der Waals surface area contributed by atoms with Crippen LogP contribution in [0.2, 0.25) is 5.02 Å². The molecule has 2 aromatic carbocycles. The Bertz CT molecular complexity index is 882. The molecule has 1 amide bonds. The van der Waals surface area contributed by atoms with Crippen LogP contribution in [0.4, 0.5) is 0 Å². The van der Waals surface area contributed by atoms with Crippen LogP contribution in [-0.4, -0.2) is 12.1 Å². The lowest BCUT2D eigenvalue weighted by Crippen LogP contribution is -2.16. The average molecular weight is 325 g/mol. The number of allylic oxidation sites excluding steroid dienone is 1. The summed E-state index contributed by atoms with van der Waals surface area (Å²) in [6.07, 6.45) is 5.14. The Morgan fingerprint density at radius 2 is 1.96 bits per heavy atom. The fourth-order valence-corrected chi connectivity index (χ4v) is 2.22. The third-order valence-electron chi connectivity index (χ3n) is 3.12. The van der Waals surface area contributed by atoms with Crippen LogP contribution in [0.15, 0.2) is 70.2 Å². The second-order valence-corrected chi connectivity index (χ2v) is 5.22. The molecule has 0 saturated heterocycles. The second-order valence-electron chi connectivity index (χ2n) is 4.78. The lowest BCUT2D eigenvalue weighted by molar-refractivity contribution is 0.0929. The van der Waals surface area contributed by atoms with Crippen molar-refractivity contribution >= 4 is 40.8 Å². The number of hydrazone groups is 1. The zero-order valence-corrected chi connectivity index (χ0v) is 12.8. The summed E-state index contributed by atoms with van der Waals surface area (Å²) in [5.74, 6) is -0.229. The molecule has 114 valence electrons. The largest absolute Gasteiger partial charge is 0.451 e. The molecule has 0 aliphatic heterocycles. The minimum absolute atomic E-state index is 0.187. The fraction of sp³-hybridized carbons (Fsp3) is 0. The minimum Gasteiger partial charge on any atom is -0.451 e. The molecule has 1 N–H and O–H groups in total. The first kappa shape index (κ1) is 15.1. The number of carbonyl (C=O) groups is 1. The van der Waals surface area contributed by atoms with Gasteiger partial charge in [0.25, 0.3) is 0 Å². The van der Waals surface area contributed by atoms with Gasteiger partial charge >= 0.3 is 5.91 Å². The maximum Gasteiger partial charge on any atom is 0.307 e. The first-order valence-corrected chi connectivity index (χ1v) is 7.34. The Balaban J connectivity index is 1.62. The van der Waals surface area contributed by atoms with Crippen LogP contribution in [0, 0.1) is 0 Å². The van der Waals surface area contributed by atoms with E-state index in [0.29, 0.717) is 10.6 Å². The van der Waals surface area contributed by atoms with E-state index in [9.17, 15) is 4.79 Å². The van der Waals surface area contributed by atoms with E-state index in [0.717, 1.165) is 10.9 Å². The maximum absolute atomic E-state index is 12.0. The molecule has 0 aliphatic carbocycles. The number of furan rings is 1. The molecule has 0 bridgehead atoms. The highest BCUT2D eigenvalue weighted by Crippen LogP contribution is 2.22. The predicted octanol–water partition coefficient (Wildman–Crippen LogP) is 4.52. The van der Waals surface area contributed by atoms with Crippen molar-refractivity contribution in [2.75, 3.05) is 0 Å². The average Bonchev–Trinajstić information content (AvgIpc) is 2.98. The number of rotatable bonds is 4. The summed E-state index contributed by atoms with van der Waals surface area (Å²) in [7, 11) is 0. The molecular weight excluding hydrogens is 312 g/mol. The van der Waals surface area contributed by atoms with Gasteiger partial charge in [0.2, 0.25) is 0 Å². The summed E-state index contributed by atoms with van der Waals surface area (Å²) in [6.45, 7) is 0. The maximum atomic E-state index is 12.0. The SMILES string of the molecule is O=C(N/N=C/C=C/c1ccccc1)c1cc2cc(Cl)ccc2o1. The van der Waals surface area contributed by atoms with Gasteiger partial charge in [0.15, 0.2) is 5.76 Å². The lowest BCUT2D eigenvalue weighted by atomic mass is 10.2. The number of nitrogens with one attached hydrogen (secondary N) is 1. The molecule has 0 saturated carbocycles. The summed E-state index contributed by atoms with van der Waals surface area (Å²) in [6, 6.07) is 16.6. The fourth-order valence-electron chi connectivity index (χ4n) is 2.04. The molecule has 23 heavy (non-hydrogen) atoms. The molecule has 0 spiro atoms. The summed E-state index contributed by atoms with van der Waals surface area (Å²) in [5.41, 5.74) is 4.07. The van der Waals surface area contributed by atoms with Crippen LogP contribution >= 0.6 is 11.6 Å². The van der Waals surface area contributed by atoms with Crippen molar-refractivity contribution in [2.24, 2.45) is 5.10 Å². The summed E-state index contributed by atoms with van der Waals surface area (Å²) >= 11 is 5.90. The molecule has 0 aliphatic rings. The molecule has 0 radical (unpaired) electrons. The van der Waals surface area contributed by atoms with Gasteiger partial charge in [-0.25, -0.2) is 5.43 Å². The Kier molecular flexibility index (Phi) is 4.54. The molecule has 0 fully saturated rings. The smallest absolute Gasteiger partial charge is 0.307 e. The van der Waals surface area contributed by atoms with Gasteiger partial charge < -0.3 is 4.42 Å². The molecule has 0 unspecified atom stereocenters. The molecule has 1 heterocycles. The molecule has 5 heteroatoms. The molecule has 1 aromatic heterocycles. The van der Waals surface area contributed by atoms with Crippen molar-refractivity contribution in [1.29, 1.82) is 0 Å². The normalized spacial score (nSPS) is 11.5. The number of benzene rings is 2. The zero-order valence-electron chi connectivity index (χ0n) is 12.1. The van der Waals surface area contributed by atoms with Crippen LogP contribution in [0.5, 0.6) is 0 Å². The van der Waals surface area contributed by atoms with Gasteiger partial charge in [-0.1, -0.05) is 48.0 Å². The highest BCUT2D eigenvalue weighted by molar-refractivity contribution is 6.31. The number of carbonyl (C=O) groups excluding carboxylic acids is 1. The zero-order chi connectivity index (χ0) is 16.1. The topological polar surface area (TPSA) is 54.6 Å². The van der Waals surface area contributed by atoms with E-state index < -0.39 is 5.91 Å². The van der Waals surface area contributed by atoms with Gasteiger partial charge in [-0.05, 0) is 35.9 Å². The third kappa shape index (κ3) is 3.87. The molecule has 4 nitrogen and oxygen atoms in total. The van der Waals surface area contributed by atoms with E-state index >= 15 is 0 Å². The molecule has 3 aromatic rings. The number of hydrogen-bond acceptors (Lipinski definition) is 3. The van der Waals surface area contributed by atoms with E-state index in [1.54, 1.807) is 30.3 Å². The van der Waals surface area contributed by atoms with E-state index in [1.165, 1.54) is 6.21 Å². The monoisotopic (exact) mass is 324 g/mol. The summed E-state index contributed by atoms with van der Waals surface area (Å²) in [4.78, 5) is 12.0. The summed E-state index contributed by atoms with van der Waals surface area (Å²) in [5, 5.41) is 5.22. The number of halogens is 1. The summed E-state index contributed by atoms with van der Waals surface area (Å²) < 4.78 is 5.45. The van der Waals surface area contributed by atoms with E-state index in [-0.39, 0.29) is 5.76 Å². The quantitative estimate of drug-likeness (QED) is 0.567. The lowest BCUT2D eigenvalue weighted by Gasteiger charge is -1.93. The Hall–Kier alpha value is -2.85. The number of hydrogen-bond donors (Lipinski definition) is 1. The first-order valence-electron chi connectivity index (χ1n) is 6.96. The predicted molar refractivity (Wildman–Crippen MR) is 92.7 cm³/mol. The Labute approximate surface area is 138 Å². The highest BCUT2D eigenvalue weighted by atomic mass is 35.5. The first-order chi connectivity index (χ1) is 11.2. The van der Waals surface area contributed by atoms with Crippen molar-refractivity contribution in [1.82, 2.24) is 5.43 Å². The van der Waals surface area contributed by atoms with Gasteiger partial charge in [-0.2, -0.15) is 5.10 Å². The van der Waals surface area contributed by atoms with Crippen LogP contribution in [0.3, 0.4) is 0 Å². The van der Waals surface area contributed by atoms with E-state index in [2.05, 4.69) is 10.5 Å². The van der Waals surface area contributed by atoms with Crippen molar-refractivity contribution in [3.8, 4) is 0 Å². The number of fused-ring (bicyclic) bond motifs is 1. The van der Waals surface area contributed by atoms with Gasteiger partial charge in [0, 0.05) is 16.6 Å². The van der Waals surface area contributed by atoms with Crippen molar-refractivity contribution in [3.63, 3.8) is 0 Å². The molecule has 0 atom stereocenters.